The summed E-state index contributed by atoms with van der Waals surface area (Å²) in [5.74, 6) is 1.71. The number of para-hydroxylation sites is 2. The fourth-order valence-corrected chi connectivity index (χ4v) is 3.99. The van der Waals surface area contributed by atoms with Crippen LogP contribution in [0.4, 0.5) is 0 Å². The van der Waals surface area contributed by atoms with Crippen LogP contribution in [-0.2, 0) is 0 Å². The molecule has 1 atom stereocenters. The van der Waals surface area contributed by atoms with E-state index in [-0.39, 0.29) is 0 Å². The molecule has 0 N–H and O–H groups in total. The van der Waals surface area contributed by atoms with Crippen molar-refractivity contribution in [2.24, 2.45) is 0 Å². The zero-order chi connectivity index (χ0) is 16.8. The van der Waals surface area contributed by atoms with E-state index in [0.29, 0.717) is 6.10 Å². The third kappa shape index (κ3) is 4.64. The Bertz CT molecular complexity index is 500. The zero-order valence-corrected chi connectivity index (χ0v) is 15.2. The van der Waals surface area contributed by atoms with E-state index in [9.17, 15) is 0 Å². The Morgan fingerprint density at radius 2 is 1.75 bits per heavy atom. The molecule has 0 bridgehead atoms. The lowest BCUT2D eigenvalue weighted by molar-refractivity contribution is 0.0871. The summed E-state index contributed by atoms with van der Waals surface area (Å²) >= 11 is 0. The molecule has 3 rings (SSSR count). The van der Waals surface area contributed by atoms with Gasteiger partial charge in [0.2, 0.25) is 0 Å². The van der Waals surface area contributed by atoms with Gasteiger partial charge in [0.1, 0.15) is 6.10 Å². The van der Waals surface area contributed by atoms with Crippen molar-refractivity contribution >= 4 is 0 Å². The van der Waals surface area contributed by atoms with Gasteiger partial charge in [-0.15, -0.1) is 0 Å². The van der Waals surface area contributed by atoms with Crippen LogP contribution in [0.1, 0.15) is 38.5 Å². The summed E-state index contributed by atoms with van der Waals surface area (Å²) in [6.45, 7) is 4.81. The van der Waals surface area contributed by atoms with Crippen molar-refractivity contribution in [3.05, 3.63) is 24.3 Å². The van der Waals surface area contributed by atoms with Crippen LogP contribution in [0.25, 0.3) is 0 Å². The van der Waals surface area contributed by atoms with E-state index in [2.05, 4.69) is 16.8 Å². The third-order valence-electron chi connectivity index (χ3n) is 5.60. The van der Waals surface area contributed by atoms with Gasteiger partial charge >= 0.3 is 0 Å². The van der Waals surface area contributed by atoms with Gasteiger partial charge in [-0.25, -0.2) is 0 Å². The van der Waals surface area contributed by atoms with Gasteiger partial charge in [0, 0.05) is 19.1 Å². The van der Waals surface area contributed by atoms with Gasteiger partial charge in [0.05, 0.1) is 7.11 Å². The third-order valence-corrected chi connectivity index (χ3v) is 5.60. The van der Waals surface area contributed by atoms with Crippen LogP contribution in [0.5, 0.6) is 11.5 Å². The van der Waals surface area contributed by atoms with Gasteiger partial charge in [0.15, 0.2) is 11.5 Å². The fourth-order valence-electron chi connectivity index (χ4n) is 3.99. The average Bonchev–Trinajstić information content (AvgIpc) is 2.63. The lowest BCUT2D eigenvalue weighted by Gasteiger charge is -2.36. The molecule has 2 fully saturated rings. The van der Waals surface area contributed by atoms with E-state index in [1.807, 2.05) is 24.3 Å². The van der Waals surface area contributed by atoms with Gasteiger partial charge in [0.25, 0.3) is 0 Å². The number of benzene rings is 1. The minimum Gasteiger partial charge on any atom is -0.493 e. The summed E-state index contributed by atoms with van der Waals surface area (Å²) in [6, 6.07) is 8.75. The quantitative estimate of drug-likeness (QED) is 0.797. The molecule has 0 amide bonds. The van der Waals surface area contributed by atoms with E-state index in [1.54, 1.807) is 7.11 Å². The van der Waals surface area contributed by atoms with Gasteiger partial charge < -0.3 is 19.3 Å². The number of piperidine rings is 2. The molecular weight excluding hydrogens is 300 g/mol. The molecule has 1 aromatic carbocycles. The first-order valence-corrected chi connectivity index (χ1v) is 9.48. The number of ether oxygens (including phenoxy) is 2. The summed E-state index contributed by atoms with van der Waals surface area (Å²) in [7, 11) is 3.99. The maximum atomic E-state index is 6.18. The summed E-state index contributed by atoms with van der Waals surface area (Å²) in [5.41, 5.74) is 0. The Labute approximate surface area is 146 Å². The summed E-state index contributed by atoms with van der Waals surface area (Å²) in [4.78, 5) is 5.17. The number of nitrogens with zero attached hydrogens (tertiary/aromatic N) is 2. The van der Waals surface area contributed by atoms with Crippen LogP contribution in [0.3, 0.4) is 0 Å². The molecule has 1 aromatic rings. The normalized spacial score (nSPS) is 24.0. The van der Waals surface area contributed by atoms with Crippen LogP contribution >= 0.6 is 0 Å². The second-order valence-electron chi connectivity index (χ2n) is 7.23. The van der Waals surface area contributed by atoms with Crippen LogP contribution in [-0.4, -0.2) is 62.3 Å². The van der Waals surface area contributed by atoms with Crippen LogP contribution < -0.4 is 9.47 Å². The molecule has 0 radical (unpaired) electrons. The van der Waals surface area contributed by atoms with Gasteiger partial charge in [-0.2, -0.15) is 0 Å². The van der Waals surface area contributed by atoms with Crippen molar-refractivity contribution in [2.75, 3.05) is 40.3 Å². The number of likely N-dealkylation sites (tertiary alicyclic amines) is 2. The van der Waals surface area contributed by atoms with E-state index in [4.69, 9.17) is 9.47 Å². The molecule has 4 nitrogen and oxygen atoms in total. The number of rotatable bonds is 6. The highest BCUT2D eigenvalue weighted by atomic mass is 16.5. The van der Waals surface area contributed by atoms with Crippen LogP contribution in [0.15, 0.2) is 24.3 Å². The number of hydrogen-bond donors (Lipinski definition) is 0. The van der Waals surface area contributed by atoms with E-state index in [0.717, 1.165) is 43.5 Å². The van der Waals surface area contributed by atoms with Crippen molar-refractivity contribution in [3.8, 4) is 11.5 Å². The molecule has 2 aliphatic heterocycles. The molecule has 0 saturated carbocycles. The van der Waals surface area contributed by atoms with Gasteiger partial charge in [-0.05, 0) is 64.4 Å². The average molecular weight is 332 g/mol. The maximum absolute atomic E-state index is 6.18. The first kappa shape index (κ1) is 17.6. The van der Waals surface area contributed by atoms with Crippen molar-refractivity contribution < 1.29 is 9.47 Å². The molecule has 24 heavy (non-hydrogen) atoms. The molecule has 0 aliphatic carbocycles. The Kier molecular flexibility index (Phi) is 6.38. The molecular formula is C20H32N2O2. The molecule has 134 valence electrons. The molecule has 0 aromatic heterocycles. The molecule has 4 heteroatoms. The summed E-state index contributed by atoms with van der Waals surface area (Å²) in [5, 5.41) is 0. The molecule has 2 aliphatic rings. The molecule has 2 heterocycles. The van der Waals surface area contributed by atoms with Gasteiger partial charge in [-0.1, -0.05) is 18.6 Å². The summed E-state index contributed by atoms with van der Waals surface area (Å²) < 4.78 is 11.6. The smallest absolute Gasteiger partial charge is 0.161 e. The zero-order valence-electron chi connectivity index (χ0n) is 15.2. The second-order valence-corrected chi connectivity index (χ2v) is 7.23. The maximum Gasteiger partial charge on any atom is 0.161 e. The Hall–Kier alpha value is -1.26. The standard InChI is InChI=1S/C20H32N2O2/c1-21-13-6-5-7-17(21)10-14-22-15-11-18(12-16-22)24-20-9-4-3-8-19(20)23-2/h3-4,8-9,17-18H,5-7,10-16H2,1-2H3. The lowest BCUT2D eigenvalue weighted by atomic mass is 9.99. The molecule has 0 spiro atoms. The highest BCUT2D eigenvalue weighted by molar-refractivity contribution is 5.39. The van der Waals surface area contributed by atoms with Crippen molar-refractivity contribution in [2.45, 2.75) is 50.7 Å². The number of hydrogen-bond acceptors (Lipinski definition) is 4. The SMILES string of the molecule is COc1ccccc1OC1CCN(CCC2CCCCN2C)CC1. The molecule has 2 saturated heterocycles. The topological polar surface area (TPSA) is 24.9 Å². The highest BCUT2D eigenvalue weighted by Gasteiger charge is 2.24. The Morgan fingerprint density at radius 1 is 1.00 bits per heavy atom. The lowest BCUT2D eigenvalue weighted by Crippen LogP contribution is -2.42. The molecule has 1 unspecified atom stereocenters. The Morgan fingerprint density at radius 3 is 2.46 bits per heavy atom. The monoisotopic (exact) mass is 332 g/mol. The van der Waals surface area contributed by atoms with Crippen LogP contribution in [0, 0.1) is 0 Å². The summed E-state index contributed by atoms with van der Waals surface area (Å²) in [6.07, 6.45) is 8.01. The van der Waals surface area contributed by atoms with Gasteiger partial charge in [-0.3, -0.25) is 0 Å². The minimum absolute atomic E-state index is 0.315. The fraction of sp³-hybridized carbons (Fsp3) is 0.700. The van der Waals surface area contributed by atoms with Crippen molar-refractivity contribution in [1.29, 1.82) is 0 Å². The van der Waals surface area contributed by atoms with E-state index >= 15 is 0 Å². The van der Waals surface area contributed by atoms with Crippen LogP contribution in [0.2, 0.25) is 0 Å². The predicted molar refractivity (Wildman–Crippen MR) is 98.0 cm³/mol. The highest BCUT2D eigenvalue weighted by Crippen LogP contribution is 2.29. The van der Waals surface area contributed by atoms with Crippen molar-refractivity contribution in [1.82, 2.24) is 9.80 Å². The largest absolute Gasteiger partial charge is 0.493 e. The second kappa shape index (κ2) is 8.72. The van der Waals surface area contributed by atoms with E-state index in [1.165, 1.54) is 38.8 Å². The minimum atomic E-state index is 0.315. The first-order chi connectivity index (χ1) is 11.8. The number of methoxy groups -OCH3 is 1. The predicted octanol–water partition coefficient (Wildman–Crippen LogP) is 3.41. The van der Waals surface area contributed by atoms with Crippen molar-refractivity contribution in [3.63, 3.8) is 0 Å². The first-order valence-electron chi connectivity index (χ1n) is 9.48. The van der Waals surface area contributed by atoms with E-state index < -0.39 is 0 Å². The Balaban J connectivity index is 1.41.